The second-order valence-corrected chi connectivity index (χ2v) is 3.55. The zero-order valence-electron chi connectivity index (χ0n) is 7.26. The maximum Gasteiger partial charge on any atom is 0.0603 e. The monoisotopic (exact) mass is 142 g/mol. The van der Waals surface area contributed by atoms with Crippen LogP contribution in [0.15, 0.2) is 0 Å². The summed E-state index contributed by atoms with van der Waals surface area (Å²) in [4.78, 5) is 0. The minimum Gasteiger partial charge on any atom is -0.378 e. The Bertz CT molecular complexity index is 101. The third kappa shape index (κ3) is 1.72. The number of rotatable bonds is 2. The molecule has 0 aromatic carbocycles. The summed E-state index contributed by atoms with van der Waals surface area (Å²) in [6, 6.07) is 0. The molecular weight excluding hydrogens is 124 g/mol. The molecule has 1 aliphatic rings. The van der Waals surface area contributed by atoms with Crippen LogP contribution in [0.5, 0.6) is 0 Å². The summed E-state index contributed by atoms with van der Waals surface area (Å²) in [6.07, 6.45) is 3.18. The molecule has 0 radical (unpaired) electrons. The summed E-state index contributed by atoms with van der Waals surface area (Å²) in [5.41, 5.74) is 0. The molecule has 0 amide bonds. The van der Waals surface area contributed by atoms with E-state index in [1.165, 1.54) is 12.8 Å². The lowest BCUT2D eigenvalue weighted by molar-refractivity contribution is 0.0402. The topological polar surface area (TPSA) is 9.23 Å². The third-order valence-corrected chi connectivity index (χ3v) is 2.42. The SMILES string of the molecule is CCOC1CC(C)CC1C. The highest BCUT2D eigenvalue weighted by atomic mass is 16.5. The normalized spacial score (nSPS) is 40.5. The number of ether oxygens (including phenoxy) is 1. The van der Waals surface area contributed by atoms with Crippen LogP contribution in [0.1, 0.15) is 33.6 Å². The lowest BCUT2D eigenvalue weighted by Crippen LogP contribution is -2.15. The molecule has 0 aliphatic heterocycles. The molecule has 1 saturated carbocycles. The van der Waals surface area contributed by atoms with Crippen molar-refractivity contribution in [2.24, 2.45) is 11.8 Å². The molecule has 60 valence electrons. The fourth-order valence-corrected chi connectivity index (χ4v) is 1.96. The van der Waals surface area contributed by atoms with Crippen LogP contribution in [0.25, 0.3) is 0 Å². The molecule has 0 aromatic heterocycles. The Balaban J connectivity index is 2.31. The Labute approximate surface area is 63.8 Å². The lowest BCUT2D eigenvalue weighted by atomic mass is 10.1. The van der Waals surface area contributed by atoms with Crippen LogP contribution in [-0.4, -0.2) is 12.7 Å². The van der Waals surface area contributed by atoms with Crippen molar-refractivity contribution >= 4 is 0 Å². The second kappa shape index (κ2) is 3.38. The van der Waals surface area contributed by atoms with E-state index in [-0.39, 0.29) is 0 Å². The van der Waals surface area contributed by atoms with Crippen LogP contribution in [0.4, 0.5) is 0 Å². The smallest absolute Gasteiger partial charge is 0.0603 e. The summed E-state index contributed by atoms with van der Waals surface area (Å²) in [7, 11) is 0. The largest absolute Gasteiger partial charge is 0.378 e. The van der Waals surface area contributed by atoms with E-state index in [1.54, 1.807) is 0 Å². The van der Waals surface area contributed by atoms with Gasteiger partial charge < -0.3 is 4.74 Å². The first kappa shape index (κ1) is 8.06. The second-order valence-electron chi connectivity index (χ2n) is 3.55. The molecule has 0 heterocycles. The summed E-state index contributed by atoms with van der Waals surface area (Å²) in [5.74, 6) is 1.67. The number of hydrogen-bond acceptors (Lipinski definition) is 1. The molecule has 3 atom stereocenters. The van der Waals surface area contributed by atoms with Crippen LogP contribution in [0.2, 0.25) is 0 Å². The van der Waals surface area contributed by atoms with Gasteiger partial charge in [-0.05, 0) is 31.6 Å². The summed E-state index contributed by atoms with van der Waals surface area (Å²) in [6.45, 7) is 7.57. The Kier molecular flexibility index (Phi) is 2.72. The molecule has 3 unspecified atom stereocenters. The fourth-order valence-electron chi connectivity index (χ4n) is 1.96. The Morgan fingerprint density at radius 2 is 2.00 bits per heavy atom. The molecule has 10 heavy (non-hydrogen) atoms. The minimum absolute atomic E-state index is 0.556. The van der Waals surface area contributed by atoms with Gasteiger partial charge in [0.05, 0.1) is 6.10 Å². The van der Waals surface area contributed by atoms with E-state index in [9.17, 15) is 0 Å². The van der Waals surface area contributed by atoms with E-state index >= 15 is 0 Å². The Morgan fingerprint density at radius 3 is 2.40 bits per heavy atom. The zero-order valence-corrected chi connectivity index (χ0v) is 7.26. The first-order chi connectivity index (χ1) is 4.74. The van der Waals surface area contributed by atoms with Crippen molar-refractivity contribution in [3.8, 4) is 0 Å². The van der Waals surface area contributed by atoms with Crippen molar-refractivity contribution < 1.29 is 4.74 Å². The van der Waals surface area contributed by atoms with E-state index in [0.29, 0.717) is 6.10 Å². The van der Waals surface area contributed by atoms with Gasteiger partial charge in [0.15, 0.2) is 0 Å². The lowest BCUT2D eigenvalue weighted by Gasteiger charge is -2.14. The van der Waals surface area contributed by atoms with E-state index in [1.807, 2.05) is 0 Å². The summed E-state index contributed by atoms with van der Waals surface area (Å²) in [5, 5.41) is 0. The molecule has 1 nitrogen and oxygen atoms in total. The predicted molar refractivity (Wildman–Crippen MR) is 43.0 cm³/mol. The van der Waals surface area contributed by atoms with Gasteiger partial charge in [0, 0.05) is 6.61 Å². The molecule has 0 spiro atoms. The quantitative estimate of drug-likeness (QED) is 0.575. The molecule has 0 aromatic rings. The van der Waals surface area contributed by atoms with E-state index in [2.05, 4.69) is 20.8 Å². The van der Waals surface area contributed by atoms with E-state index in [0.717, 1.165) is 18.4 Å². The summed E-state index contributed by atoms with van der Waals surface area (Å²) >= 11 is 0. The van der Waals surface area contributed by atoms with Crippen molar-refractivity contribution in [1.29, 1.82) is 0 Å². The zero-order chi connectivity index (χ0) is 7.56. The van der Waals surface area contributed by atoms with Crippen LogP contribution in [0, 0.1) is 11.8 Å². The first-order valence-electron chi connectivity index (χ1n) is 4.35. The maximum atomic E-state index is 5.59. The molecular formula is C9H18O. The van der Waals surface area contributed by atoms with Crippen molar-refractivity contribution in [2.45, 2.75) is 39.7 Å². The van der Waals surface area contributed by atoms with Gasteiger partial charge in [-0.15, -0.1) is 0 Å². The molecule has 1 rings (SSSR count). The number of hydrogen-bond donors (Lipinski definition) is 0. The van der Waals surface area contributed by atoms with Crippen LogP contribution in [-0.2, 0) is 4.74 Å². The molecule has 1 aliphatic carbocycles. The summed E-state index contributed by atoms with van der Waals surface area (Å²) < 4.78 is 5.59. The van der Waals surface area contributed by atoms with Gasteiger partial charge in [0.25, 0.3) is 0 Å². The van der Waals surface area contributed by atoms with Gasteiger partial charge in [0.1, 0.15) is 0 Å². The van der Waals surface area contributed by atoms with Crippen molar-refractivity contribution in [1.82, 2.24) is 0 Å². The van der Waals surface area contributed by atoms with Crippen LogP contribution >= 0.6 is 0 Å². The average Bonchev–Trinajstić information content (AvgIpc) is 2.13. The molecule has 1 fully saturated rings. The van der Waals surface area contributed by atoms with E-state index in [4.69, 9.17) is 4.74 Å². The first-order valence-corrected chi connectivity index (χ1v) is 4.35. The van der Waals surface area contributed by atoms with Crippen LogP contribution in [0.3, 0.4) is 0 Å². The Hall–Kier alpha value is -0.0400. The Morgan fingerprint density at radius 1 is 1.30 bits per heavy atom. The molecule has 1 heteroatoms. The van der Waals surface area contributed by atoms with Crippen molar-refractivity contribution in [3.05, 3.63) is 0 Å². The standard InChI is InChI=1S/C9H18O/c1-4-10-9-6-7(2)5-8(9)3/h7-9H,4-6H2,1-3H3. The van der Waals surface area contributed by atoms with Gasteiger partial charge in [-0.25, -0.2) is 0 Å². The van der Waals surface area contributed by atoms with E-state index < -0.39 is 0 Å². The maximum absolute atomic E-state index is 5.59. The van der Waals surface area contributed by atoms with Crippen LogP contribution < -0.4 is 0 Å². The molecule has 0 bridgehead atoms. The minimum atomic E-state index is 0.556. The predicted octanol–water partition coefficient (Wildman–Crippen LogP) is 2.46. The van der Waals surface area contributed by atoms with Gasteiger partial charge >= 0.3 is 0 Å². The average molecular weight is 142 g/mol. The van der Waals surface area contributed by atoms with Gasteiger partial charge in [-0.3, -0.25) is 0 Å². The highest BCUT2D eigenvalue weighted by Crippen LogP contribution is 2.32. The molecule has 0 N–H and O–H groups in total. The van der Waals surface area contributed by atoms with Gasteiger partial charge in [-0.2, -0.15) is 0 Å². The third-order valence-electron chi connectivity index (χ3n) is 2.42. The van der Waals surface area contributed by atoms with Gasteiger partial charge in [0.2, 0.25) is 0 Å². The fraction of sp³-hybridized carbons (Fsp3) is 1.00. The van der Waals surface area contributed by atoms with Crippen molar-refractivity contribution in [3.63, 3.8) is 0 Å². The highest BCUT2D eigenvalue weighted by molar-refractivity contribution is 4.79. The van der Waals surface area contributed by atoms with Crippen molar-refractivity contribution in [2.75, 3.05) is 6.61 Å². The molecule has 0 saturated heterocycles. The highest BCUT2D eigenvalue weighted by Gasteiger charge is 2.28. The van der Waals surface area contributed by atoms with Gasteiger partial charge in [-0.1, -0.05) is 13.8 Å².